The molecule has 5 heteroatoms. The Morgan fingerprint density at radius 3 is 2.29 bits per heavy atom. The maximum absolute atomic E-state index is 6.00. The van der Waals surface area contributed by atoms with E-state index in [9.17, 15) is 0 Å². The molecule has 1 heterocycles. The third-order valence-electron chi connectivity index (χ3n) is 2.07. The summed E-state index contributed by atoms with van der Waals surface area (Å²) >= 11 is 11.8. The van der Waals surface area contributed by atoms with Gasteiger partial charge < -0.3 is 28.7 Å². The predicted octanol–water partition coefficient (Wildman–Crippen LogP) is 0.614. The van der Waals surface area contributed by atoms with Crippen LogP contribution in [0.2, 0.25) is 10.0 Å². The molecule has 17 heavy (non-hydrogen) atoms. The summed E-state index contributed by atoms with van der Waals surface area (Å²) in [6.07, 6.45) is 3.80. The van der Waals surface area contributed by atoms with Crippen molar-refractivity contribution in [3.8, 4) is 11.5 Å². The van der Waals surface area contributed by atoms with E-state index in [1.807, 2.05) is 36.1 Å². The van der Waals surface area contributed by atoms with Gasteiger partial charge in [-0.15, -0.1) is 0 Å². The Bertz CT molecular complexity index is 502. The monoisotopic (exact) mass is 381 g/mol. The number of halogens is 3. The molecule has 0 aliphatic carbocycles. The second-order valence-electron chi connectivity index (χ2n) is 3.38. The summed E-state index contributed by atoms with van der Waals surface area (Å²) in [5.74, 6) is 1.34. The van der Waals surface area contributed by atoms with Gasteiger partial charge in [0, 0.05) is 17.2 Å². The molecule has 0 saturated heterocycles. The molecule has 0 aliphatic rings. The highest BCUT2D eigenvalue weighted by Gasteiger charge is 2.04. The second-order valence-corrected chi connectivity index (χ2v) is 4.22. The third-order valence-corrected chi connectivity index (χ3v) is 2.60. The van der Waals surface area contributed by atoms with Crippen LogP contribution >= 0.6 is 23.2 Å². The van der Waals surface area contributed by atoms with Gasteiger partial charge in [0.05, 0.1) is 5.02 Å². The van der Waals surface area contributed by atoms with Crippen molar-refractivity contribution in [3.63, 3.8) is 0 Å². The van der Waals surface area contributed by atoms with Crippen LogP contribution in [0.3, 0.4) is 0 Å². The van der Waals surface area contributed by atoms with E-state index in [2.05, 4.69) is 0 Å². The molecule has 0 bridgehead atoms. The normalized spacial score (nSPS) is 9.59. The molecular formula is C12H10Cl2INO. The zero-order chi connectivity index (χ0) is 11.5. The number of aromatic nitrogens is 1. The zero-order valence-corrected chi connectivity index (χ0v) is 12.7. The Balaban J connectivity index is 0.00000144. The number of nitrogens with zero attached hydrogens (tertiary/aromatic N) is 1. The molecular weight excluding hydrogens is 372 g/mol. The maximum Gasteiger partial charge on any atom is 0.172 e. The molecule has 0 atom stereocenters. The molecule has 0 spiro atoms. The Kier molecular flexibility index (Phi) is 5.49. The highest BCUT2D eigenvalue weighted by atomic mass is 127. The first kappa shape index (κ1) is 14.5. The lowest BCUT2D eigenvalue weighted by atomic mass is 10.3. The van der Waals surface area contributed by atoms with Crippen LogP contribution in [0.1, 0.15) is 0 Å². The van der Waals surface area contributed by atoms with Gasteiger partial charge in [-0.1, -0.05) is 23.2 Å². The molecule has 1 aromatic heterocycles. The van der Waals surface area contributed by atoms with Crippen molar-refractivity contribution in [2.24, 2.45) is 7.05 Å². The van der Waals surface area contributed by atoms with Crippen LogP contribution in [0.15, 0.2) is 42.7 Å². The van der Waals surface area contributed by atoms with Crippen LogP contribution in [-0.4, -0.2) is 0 Å². The summed E-state index contributed by atoms with van der Waals surface area (Å²) in [6, 6.07) is 8.88. The Hall–Kier alpha value is -0.520. The maximum atomic E-state index is 6.00. The first-order valence-electron chi connectivity index (χ1n) is 4.73. The van der Waals surface area contributed by atoms with Crippen molar-refractivity contribution < 1.29 is 33.3 Å². The number of pyridine rings is 1. The van der Waals surface area contributed by atoms with Crippen LogP contribution in [0, 0.1) is 0 Å². The van der Waals surface area contributed by atoms with E-state index in [-0.39, 0.29) is 24.0 Å². The highest BCUT2D eigenvalue weighted by Crippen LogP contribution is 2.30. The van der Waals surface area contributed by atoms with E-state index in [0.717, 1.165) is 5.75 Å². The van der Waals surface area contributed by atoms with Crippen molar-refractivity contribution in [1.29, 1.82) is 0 Å². The number of benzene rings is 1. The van der Waals surface area contributed by atoms with Crippen LogP contribution in [0.5, 0.6) is 11.5 Å². The topological polar surface area (TPSA) is 13.1 Å². The molecule has 0 radical (unpaired) electrons. The predicted molar refractivity (Wildman–Crippen MR) is 64.2 cm³/mol. The van der Waals surface area contributed by atoms with Crippen molar-refractivity contribution in [2.45, 2.75) is 0 Å². The molecule has 0 fully saturated rings. The molecule has 0 saturated carbocycles. The number of aryl methyl sites for hydroxylation is 1. The lowest BCUT2D eigenvalue weighted by Crippen LogP contribution is -3.00. The molecule has 2 nitrogen and oxygen atoms in total. The second kappa shape index (κ2) is 6.42. The molecule has 0 aliphatic heterocycles. The van der Waals surface area contributed by atoms with E-state index in [1.165, 1.54) is 0 Å². The quantitative estimate of drug-likeness (QED) is 0.549. The SMILES string of the molecule is C[n+]1ccc(Oc2ccc(Cl)cc2Cl)cc1.[I-]. The van der Waals surface area contributed by atoms with Gasteiger partial charge in [-0.2, -0.15) is 0 Å². The van der Waals surface area contributed by atoms with E-state index < -0.39 is 0 Å². The summed E-state index contributed by atoms with van der Waals surface area (Å²) in [4.78, 5) is 0. The van der Waals surface area contributed by atoms with Crippen molar-refractivity contribution in [1.82, 2.24) is 0 Å². The van der Waals surface area contributed by atoms with E-state index >= 15 is 0 Å². The van der Waals surface area contributed by atoms with Gasteiger partial charge >= 0.3 is 0 Å². The Labute approximate surface area is 127 Å². The van der Waals surface area contributed by atoms with Gasteiger partial charge in [0.15, 0.2) is 12.4 Å². The van der Waals surface area contributed by atoms with E-state index in [4.69, 9.17) is 27.9 Å². The van der Waals surface area contributed by atoms with Crippen LogP contribution in [0.4, 0.5) is 0 Å². The summed E-state index contributed by atoms with van der Waals surface area (Å²) in [5, 5.41) is 1.09. The number of hydrogen-bond donors (Lipinski definition) is 0. The average molecular weight is 382 g/mol. The minimum atomic E-state index is 0. The first-order chi connectivity index (χ1) is 7.65. The van der Waals surface area contributed by atoms with Gasteiger partial charge in [-0.3, -0.25) is 0 Å². The standard InChI is InChI=1S/C12H10Cl2NO.HI/c1-15-6-4-10(5-7-15)16-12-3-2-9(13)8-11(12)14;/h2-8H,1H3;1H/q+1;/p-1. The highest BCUT2D eigenvalue weighted by molar-refractivity contribution is 6.35. The lowest BCUT2D eigenvalue weighted by Gasteiger charge is -2.06. The molecule has 2 rings (SSSR count). The first-order valence-corrected chi connectivity index (χ1v) is 5.49. The van der Waals surface area contributed by atoms with Crippen LogP contribution < -0.4 is 33.3 Å². The van der Waals surface area contributed by atoms with Crippen LogP contribution in [0.25, 0.3) is 0 Å². The number of ether oxygens (including phenoxy) is 1. The molecule has 1 aromatic carbocycles. The third kappa shape index (κ3) is 4.01. The zero-order valence-electron chi connectivity index (χ0n) is 9.03. The minimum absolute atomic E-state index is 0. The fourth-order valence-corrected chi connectivity index (χ4v) is 1.69. The van der Waals surface area contributed by atoms with Gasteiger partial charge in [-0.05, 0) is 18.2 Å². The summed E-state index contributed by atoms with van der Waals surface area (Å²) in [5.41, 5.74) is 0. The number of hydrogen-bond acceptors (Lipinski definition) is 1. The van der Waals surface area contributed by atoms with Crippen LogP contribution in [-0.2, 0) is 7.05 Å². The van der Waals surface area contributed by atoms with Gasteiger partial charge in [0.25, 0.3) is 0 Å². The summed E-state index contributed by atoms with van der Waals surface area (Å²) in [7, 11) is 1.94. The summed E-state index contributed by atoms with van der Waals surface area (Å²) < 4.78 is 7.54. The van der Waals surface area contributed by atoms with Crippen molar-refractivity contribution >= 4 is 23.2 Å². The fraction of sp³-hybridized carbons (Fsp3) is 0.0833. The smallest absolute Gasteiger partial charge is 0.172 e. The summed E-state index contributed by atoms with van der Waals surface area (Å²) in [6.45, 7) is 0. The Morgan fingerprint density at radius 2 is 1.71 bits per heavy atom. The Morgan fingerprint density at radius 1 is 1.06 bits per heavy atom. The fourth-order valence-electron chi connectivity index (χ4n) is 1.24. The van der Waals surface area contributed by atoms with Gasteiger partial charge in [0.1, 0.15) is 18.5 Å². The van der Waals surface area contributed by atoms with Crippen molar-refractivity contribution in [2.75, 3.05) is 0 Å². The average Bonchev–Trinajstić information content (AvgIpc) is 2.25. The minimum Gasteiger partial charge on any atom is -1.00 e. The van der Waals surface area contributed by atoms with Crippen molar-refractivity contribution in [3.05, 3.63) is 52.8 Å². The lowest BCUT2D eigenvalue weighted by molar-refractivity contribution is -0.671. The largest absolute Gasteiger partial charge is 1.00 e. The molecule has 2 aromatic rings. The van der Waals surface area contributed by atoms with E-state index in [1.54, 1.807) is 18.2 Å². The molecule has 0 amide bonds. The molecule has 90 valence electrons. The number of rotatable bonds is 2. The molecule has 0 N–H and O–H groups in total. The van der Waals surface area contributed by atoms with E-state index in [0.29, 0.717) is 15.8 Å². The van der Waals surface area contributed by atoms with Gasteiger partial charge in [0.2, 0.25) is 0 Å². The molecule has 0 unspecified atom stereocenters. The van der Waals surface area contributed by atoms with Gasteiger partial charge in [-0.25, -0.2) is 4.57 Å².